The standard InChI is InChI=1S/C47H52Cl4N6O2/c1-43(2,3)30-12-14-31(15-13-30)57-36(27-10-16-32-29(22-27)24-35(52-32)38-8-6-20-55(38)41(58)44(4)25-46(44,48)49)18-19-37(57)28-11-17-33-34(23-28)54-40(53-33)39-9-7-21-56(39)42(59)45(5)26-47(45,50)51/h10-17,22-23,36-39H,6-9,18-21,24-26H2,1-5H3,(H,53,54)/t36-,37-,38+,39+,44?,45?/m1/s1. The second-order valence-electron chi connectivity index (χ2n) is 19.6. The minimum absolute atomic E-state index is 0.0129. The van der Waals surface area contributed by atoms with Gasteiger partial charge in [-0.25, -0.2) is 4.98 Å². The summed E-state index contributed by atoms with van der Waals surface area (Å²) in [6.07, 6.45) is 7.29. The molecule has 1 N–H and O–H groups in total. The highest BCUT2D eigenvalue weighted by Crippen LogP contribution is 2.66. The van der Waals surface area contributed by atoms with E-state index in [2.05, 4.69) is 91.3 Å². The number of H-pyrrole nitrogens is 1. The zero-order chi connectivity index (χ0) is 41.4. The first-order valence-corrected chi connectivity index (χ1v) is 22.9. The molecule has 2 aliphatic carbocycles. The molecule has 4 aliphatic heterocycles. The number of aromatic amines is 1. The molecular weight excluding hydrogens is 822 g/mol. The fourth-order valence-corrected chi connectivity index (χ4v) is 12.0. The Bertz CT molecular complexity index is 2420. The molecule has 0 spiro atoms. The first-order chi connectivity index (χ1) is 27.9. The molecule has 3 saturated heterocycles. The zero-order valence-electron chi connectivity index (χ0n) is 34.4. The predicted molar refractivity (Wildman–Crippen MR) is 238 cm³/mol. The van der Waals surface area contributed by atoms with Gasteiger partial charge in [-0.05, 0) is 123 Å². The SMILES string of the molecule is CC(C)(C)c1ccc(N2[C@@H](c3ccc4c(c3)CC([C@@H]3CCCN3C(=O)C3(C)CC3(Cl)Cl)=N4)CC[C@@H]2c2ccc3nc([C@@H]4CCCN4C(=O)C4(C)CC4(Cl)Cl)[nH]c3c2)cc1. The number of fused-ring (bicyclic) bond motifs is 2. The molecule has 4 aromatic rings. The highest BCUT2D eigenvalue weighted by atomic mass is 35.5. The Morgan fingerprint density at radius 3 is 1.88 bits per heavy atom. The number of hydrogen-bond acceptors (Lipinski definition) is 5. The summed E-state index contributed by atoms with van der Waals surface area (Å²) in [5.41, 5.74) is 8.72. The summed E-state index contributed by atoms with van der Waals surface area (Å²) in [6.45, 7) is 11.9. The van der Waals surface area contributed by atoms with E-state index < -0.39 is 19.5 Å². The fraction of sp³-hybridized carbons (Fsp3) is 0.532. The lowest BCUT2D eigenvalue weighted by Crippen LogP contribution is -2.45. The van der Waals surface area contributed by atoms with Crippen LogP contribution >= 0.6 is 46.4 Å². The number of imidazole rings is 1. The van der Waals surface area contributed by atoms with Crippen molar-refractivity contribution < 1.29 is 9.59 Å². The molecule has 1 aromatic heterocycles. The number of nitrogens with one attached hydrogen (secondary N) is 1. The van der Waals surface area contributed by atoms with Crippen LogP contribution in [0.15, 0.2) is 65.7 Å². The van der Waals surface area contributed by atoms with Crippen LogP contribution in [0.5, 0.6) is 0 Å². The Morgan fingerprint density at radius 2 is 1.29 bits per heavy atom. The summed E-state index contributed by atoms with van der Waals surface area (Å²) in [5, 5.41) is 0. The number of aromatic nitrogens is 2. The normalized spacial score (nSPS) is 30.6. The maximum Gasteiger partial charge on any atom is 0.232 e. The van der Waals surface area contributed by atoms with Crippen LogP contribution in [-0.4, -0.2) is 65.1 Å². The van der Waals surface area contributed by atoms with E-state index in [9.17, 15) is 9.59 Å². The maximum atomic E-state index is 13.7. The first kappa shape index (κ1) is 39.8. The third-order valence-corrected chi connectivity index (χ3v) is 16.8. The number of hydrogen-bond donors (Lipinski definition) is 1. The number of alkyl halides is 4. The van der Waals surface area contributed by atoms with Gasteiger partial charge in [-0.3, -0.25) is 14.6 Å². The Labute approximate surface area is 367 Å². The van der Waals surface area contributed by atoms with Crippen molar-refractivity contribution in [3.63, 3.8) is 0 Å². The Balaban J connectivity index is 0.931. The highest BCUT2D eigenvalue weighted by molar-refractivity contribution is 6.53. The summed E-state index contributed by atoms with van der Waals surface area (Å²) >= 11 is 25.8. The van der Waals surface area contributed by atoms with Crippen molar-refractivity contribution in [2.24, 2.45) is 15.8 Å². The molecule has 5 fully saturated rings. The van der Waals surface area contributed by atoms with Gasteiger partial charge >= 0.3 is 0 Å². The summed E-state index contributed by atoms with van der Waals surface area (Å²) in [4.78, 5) is 47.7. The number of halogens is 4. The van der Waals surface area contributed by atoms with E-state index in [-0.39, 0.29) is 41.4 Å². The number of aliphatic imine (C=N–C) groups is 1. The monoisotopic (exact) mass is 872 g/mol. The third-order valence-electron chi connectivity index (χ3n) is 14.6. The van der Waals surface area contributed by atoms with Crippen molar-refractivity contribution in [1.29, 1.82) is 0 Å². The van der Waals surface area contributed by atoms with E-state index in [4.69, 9.17) is 56.4 Å². The summed E-state index contributed by atoms with van der Waals surface area (Å²) in [7, 11) is 0. The number of nitrogens with zero attached hydrogens (tertiary/aromatic N) is 5. The lowest BCUT2D eigenvalue weighted by atomic mass is 9.87. The third kappa shape index (κ3) is 6.43. The van der Waals surface area contributed by atoms with Crippen LogP contribution in [0.4, 0.5) is 11.4 Å². The van der Waals surface area contributed by atoms with Gasteiger partial charge in [-0.2, -0.15) is 0 Å². The molecule has 6 aliphatic rings. The van der Waals surface area contributed by atoms with Crippen molar-refractivity contribution in [3.8, 4) is 0 Å². The van der Waals surface area contributed by atoms with Crippen LogP contribution < -0.4 is 4.90 Å². The highest BCUT2D eigenvalue weighted by Gasteiger charge is 2.70. The number of benzene rings is 3. The van der Waals surface area contributed by atoms with Gasteiger partial charge in [-0.15, -0.1) is 46.4 Å². The summed E-state index contributed by atoms with van der Waals surface area (Å²) < 4.78 is -2.00. The van der Waals surface area contributed by atoms with Crippen LogP contribution in [0.3, 0.4) is 0 Å². The van der Waals surface area contributed by atoms with Crippen molar-refractivity contribution in [1.82, 2.24) is 19.8 Å². The number of carbonyl (C=O) groups is 2. The lowest BCUT2D eigenvalue weighted by molar-refractivity contribution is -0.137. The molecule has 6 atom stereocenters. The van der Waals surface area contributed by atoms with E-state index in [0.29, 0.717) is 25.9 Å². The van der Waals surface area contributed by atoms with Gasteiger partial charge in [0.2, 0.25) is 11.8 Å². The molecule has 5 heterocycles. The molecule has 3 aromatic carbocycles. The number of anilines is 1. The number of likely N-dealkylation sites (tertiary alicyclic amines) is 2. The van der Waals surface area contributed by atoms with E-state index in [1.54, 1.807) is 0 Å². The molecule has 8 nitrogen and oxygen atoms in total. The van der Waals surface area contributed by atoms with E-state index >= 15 is 0 Å². The zero-order valence-corrected chi connectivity index (χ0v) is 37.4. The lowest BCUT2D eigenvalue weighted by Gasteiger charge is -2.34. The quantitative estimate of drug-likeness (QED) is 0.187. The molecular formula is C47H52Cl4N6O2. The molecule has 0 bridgehead atoms. The molecule has 2 amide bonds. The van der Waals surface area contributed by atoms with Gasteiger partial charge in [-0.1, -0.05) is 51.1 Å². The molecule has 12 heteroatoms. The van der Waals surface area contributed by atoms with E-state index in [0.717, 1.165) is 73.2 Å². The maximum absolute atomic E-state index is 13.7. The molecule has 310 valence electrons. The first-order valence-electron chi connectivity index (χ1n) is 21.4. The van der Waals surface area contributed by atoms with Crippen LogP contribution in [0, 0.1) is 10.8 Å². The smallest absolute Gasteiger partial charge is 0.232 e. The van der Waals surface area contributed by atoms with Gasteiger partial charge in [0.25, 0.3) is 0 Å². The van der Waals surface area contributed by atoms with Gasteiger partial charge in [0, 0.05) is 30.9 Å². The Hall–Kier alpha value is -3.30. The molecule has 2 unspecified atom stereocenters. The number of rotatable bonds is 7. The van der Waals surface area contributed by atoms with Crippen molar-refractivity contribution >= 4 is 86.3 Å². The second-order valence-corrected chi connectivity index (χ2v) is 22.6. The largest absolute Gasteiger partial charge is 0.357 e. The minimum atomic E-state index is -1.01. The topological polar surface area (TPSA) is 84.9 Å². The van der Waals surface area contributed by atoms with Crippen LogP contribution in [0.25, 0.3) is 11.0 Å². The summed E-state index contributed by atoms with van der Waals surface area (Å²) in [5.74, 6) is 0.880. The van der Waals surface area contributed by atoms with Gasteiger partial charge in [0.15, 0.2) is 0 Å². The predicted octanol–water partition coefficient (Wildman–Crippen LogP) is 11.4. The Kier molecular flexibility index (Phi) is 9.18. The average Bonchev–Trinajstić information content (AvgIpc) is 3.82. The Morgan fingerprint density at radius 1 is 0.729 bits per heavy atom. The van der Waals surface area contributed by atoms with E-state index in [1.807, 2.05) is 23.6 Å². The van der Waals surface area contributed by atoms with Crippen molar-refractivity contribution in [2.75, 3.05) is 18.0 Å². The van der Waals surface area contributed by atoms with Gasteiger partial charge in [0.05, 0.1) is 51.7 Å². The van der Waals surface area contributed by atoms with Crippen LogP contribution in [0.2, 0.25) is 0 Å². The van der Waals surface area contributed by atoms with Gasteiger partial charge in [0.1, 0.15) is 14.5 Å². The van der Waals surface area contributed by atoms with Crippen molar-refractivity contribution in [2.45, 2.75) is 131 Å². The second kappa shape index (κ2) is 13.6. The number of amides is 2. The fourth-order valence-electron chi connectivity index (χ4n) is 10.6. The summed E-state index contributed by atoms with van der Waals surface area (Å²) in [6, 6.07) is 22.7. The minimum Gasteiger partial charge on any atom is -0.357 e. The molecule has 10 rings (SSSR count). The van der Waals surface area contributed by atoms with Crippen LogP contribution in [0.1, 0.15) is 132 Å². The van der Waals surface area contributed by atoms with Gasteiger partial charge < -0.3 is 19.7 Å². The molecule has 0 radical (unpaired) electrons. The van der Waals surface area contributed by atoms with Crippen molar-refractivity contribution in [3.05, 3.63) is 88.7 Å². The molecule has 2 saturated carbocycles. The average molecular weight is 875 g/mol. The number of carbonyl (C=O) groups excluding carboxylic acids is 2. The van der Waals surface area contributed by atoms with Crippen LogP contribution in [-0.2, 0) is 21.4 Å². The molecule has 59 heavy (non-hydrogen) atoms. The van der Waals surface area contributed by atoms with E-state index in [1.165, 1.54) is 27.9 Å².